The number of carbonyl (C=O) groups is 3. The molecule has 0 fully saturated rings. The summed E-state index contributed by atoms with van der Waals surface area (Å²) in [6, 6.07) is 5.47. The fraction of sp³-hybridized carbons (Fsp3) is 0.471. The average Bonchev–Trinajstić information content (AvgIpc) is 2.51. The van der Waals surface area contributed by atoms with Crippen molar-refractivity contribution in [3.05, 3.63) is 28.2 Å². The van der Waals surface area contributed by atoms with E-state index in [1.165, 1.54) is 0 Å². The molecule has 1 rings (SSSR count). The van der Waals surface area contributed by atoms with E-state index < -0.39 is 11.9 Å². The fourth-order valence-electron chi connectivity index (χ4n) is 1.82. The average molecular weight is 399 g/mol. The van der Waals surface area contributed by atoms with Crippen LogP contribution in [-0.2, 0) is 19.1 Å². The predicted molar refractivity (Wildman–Crippen MR) is 95.5 cm³/mol. The number of aryl methyl sites for hydroxylation is 1. The van der Waals surface area contributed by atoms with Crippen LogP contribution in [0.25, 0.3) is 0 Å². The van der Waals surface area contributed by atoms with E-state index in [0.717, 1.165) is 16.5 Å². The fourth-order valence-corrected chi connectivity index (χ4v) is 2.29. The quantitative estimate of drug-likeness (QED) is 0.659. The predicted octanol–water partition coefficient (Wildman–Crippen LogP) is 2.79. The molecule has 7 heteroatoms. The van der Waals surface area contributed by atoms with Crippen LogP contribution in [-0.4, -0.2) is 30.9 Å². The molecule has 132 valence electrons. The second-order valence-electron chi connectivity index (χ2n) is 5.88. The maximum atomic E-state index is 11.8. The molecule has 0 saturated heterocycles. The number of amides is 2. The summed E-state index contributed by atoms with van der Waals surface area (Å²) in [5.41, 5.74) is 1.58. The van der Waals surface area contributed by atoms with Gasteiger partial charge in [-0.25, -0.2) is 0 Å². The van der Waals surface area contributed by atoms with E-state index in [0.29, 0.717) is 11.6 Å². The molecule has 1 aromatic carbocycles. The Morgan fingerprint density at radius 1 is 1.21 bits per heavy atom. The maximum absolute atomic E-state index is 11.8. The van der Waals surface area contributed by atoms with Crippen LogP contribution in [0.15, 0.2) is 22.7 Å². The van der Waals surface area contributed by atoms with Gasteiger partial charge in [-0.15, -0.1) is 0 Å². The zero-order chi connectivity index (χ0) is 18.1. The van der Waals surface area contributed by atoms with Crippen LogP contribution in [0.3, 0.4) is 0 Å². The van der Waals surface area contributed by atoms with Crippen molar-refractivity contribution < 1.29 is 19.1 Å². The number of esters is 1. The Bertz CT molecular complexity index is 602. The van der Waals surface area contributed by atoms with E-state index in [9.17, 15) is 14.4 Å². The Morgan fingerprint density at radius 2 is 1.92 bits per heavy atom. The smallest absolute Gasteiger partial charge is 0.306 e. The molecule has 24 heavy (non-hydrogen) atoms. The zero-order valence-electron chi connectivity index (χ0n) is 14.1. The third kappa shape index (κ3) is 8.10. The molecular formula is C17H23BrN2O4. The highest BCUT2D eigenvalue weighted by Gasteiger charge is 2.10. The summed E-state index contributed by atoms with van der Waals surface area (Å²) in [5, 5.41) is 5.12. The summed E-state index contributed by atoms with van der Waals surface area (Å²) in [6.45, 7) is 5.33. The Labute approximate surface area is 150 Å². The van der Waals surface area contributed by atoms with E-state index in [2.05, 4.69) is 26.6 Å². The number of hydrogen-bond donors (Lipinski definition) is 2. The lowest BCUT2D eigenvalue weighted by Gasteiger charge is -2.10. The van der Waals surface area contributed by atoms with E-state index >= 15 is 0 Å². The second-order valence-corrected chi connectivity index (χ2v) is 6.79. The minimum Gasteiger partial charge on any atom is -0.456 e. The van der Waals surface area contributed by atoms with Gasteiger partial charge < -0.3 is 15.4 Å². The van der Waals surface area contributed by atoms with E-state index in [4.69, 9.17) is 4.74 Å². The van der Waals surface area contributed by atoms with Gasteiger partial charge in [-0.05, 0) is 43.0 Å². The molecule has 1 aromatic rings. The van der Waals surface area contributed by atoms with Crippen molar-refractivity contribution in [3.63, 3.8) is 0 Å². The molecule has 0 spiro atoms. The zero-order valence-corrected chi connectivity index (χ0v) is 15.7. The minimum absolute atomic E-state index is 0.183. The van der Waals surface area contributed by atoms with Crippen LogP contribution >= 0.6 is 15.9 Å². The number of anilines is 1. The van der Waals surface area contributed by atoms with E-state index in [1.807, 2.05) is 32.9 Å². The lowest BCUT2D eigenvalue weighted by atomic mass is 10.1. The Balaban J connectivity index is 2.28. The van der Waals surface area contributed by atoms with E-state index in [-0.39, 0.29) is 25.5 Å². The molecule has 0 aliphatic rings. The summed E-state index contributed by atoms with van der Waals surface area (Å²) in [4.78, 5) is 34.8. The lowest BCUT2D eigenvalue weighted by molar-refractivity contribution is -0.148. The highest BCUT2D eigenvalue weighted by atomic mass is 79.9. The van der Waals surface area contributed by atoms with Crippen LogP contribution in [0.1, 0.15) is 32.3 Å². The Hall–Kier alpha value is -1.89. The number of benzene rings is 1. The number of carbonyl (C=O) groups excluding carboxylic acids is 3. The molecule has 6 nitrogen and oxygen atoms in total. The van der Waals surface area contributed by atoms with Crippen LogP contribution in [0.2, 0.25) is 0 Å². The number of halogens is 1. The van der Waals surface area contributed by atoms with Crippen molar-refractivity contribution in [2.75, 3.05) is 18.5 Å². The third-order valence-electron chi connectivity index (χ3n) is 3.20. The molecule has 0 aliphatic heterocycles. The van der Waals surface area contributed by atoms with Crippen LogP contribution in [0, 0.1) is 12.8 Å². The molecule has 0 radical (unpaired) electrons. The molecule has 0 aliphatic carbocycles. The molecule has 0 atom stereocenters. The third-order valence-corrected chi connectivity index (χ3v) is 3.69. The minimum atomic E-state index is -0.504. The standard InChI is InChI=1S/C17H23BrN2O4/c1-11(2)4-7-17(23)24-10-16(22)19-9-15(21)20-14-6-5-13(18)8-12(14)3/h5-6,8,11H,4,7,9-10H2,1-3H3,(H,19,22)(H,20,21). The van der Waals surface area contributed by atoms with Gasteiger partial charge in [-0.1, -0.05) is 29.8 Å². The summed E-state index contributed by atoms with van der Waals surface area (Å²) in [5.74, 6) is -0.860. The van der Waals surface area contributed by atoms with Crippen LogP contribution in [0.5, 0.6) is 0 Å². The van der Waals surface area contributed by atoms with Crippen molar-refractivity contribution in [1.29, 1.82) is 0 Å². The first kappa shape index (κ1) is 20.2. The monoisotopic (exact) mass is 398 g/mol. The molecular weight excluding hydrogens is 376 g/mol. The first-order chi connectivity index (χ1) is 11.3. The van der Waals surface area contributed by atoms with Gasteiger partial charge in [0.2, 0.25) is 5.91 Å². The van der Waals surface area contributed by atoms with Gasteiger partial charge in [0.25, 0.3) is 5.91 Å². The van der Waals surface area contributed by atoms with Gasteiger partial charge in [-0.2, -0.15) is 0 Å². The van der Waals surface area contributed by atoms with Gasteiger partial charge >= 0.3 is 5.97 Å². The molecule has 0 heterocycles. The molecule has 0 unspecified atom stereocenters. The van der Waals surface area contributed by atoms with Gasteiger partial charge in [-0.3, -0.25) is 14.4 Å². The van der Waals surface area contributed by atoms with Crippen molar-refractivity contribution in [3.8, 4) is 0 Å². The summed E-state index contributed by atoms with van der Waals surface area (Å²) < 4.78 is 5.77. The van der Waals surface area contributed by atoms with Crippen molar-refractivity contribution in [2.24, 2.45) is 5.92 Å². The summed E-state index contributed by atoms with van der Waals surface area (Å²) >= 11 is 3.35. The van der Waals surface area contributed by atoms with Gasteiger partial charge in [0.1, 0.15) is 0 Å². The topological polar surface area (TPSA) is 84.5 Å². The SMILES string of the molecule is Cc1cc(Br)ccc1NC(=O)CNC(=O)COC(=O)CCC(C)C. The normalized spacial score (nSPS) is 10.4. The molecule has 0 bridgehead atoms. The van der Waals surface area contributed by atoms with Crippen LogP contribution in [0.4, 0.5) is 5.69 Å². The summed E-state index contributed by atoms with van der Waals surface area (Å²) in [7, 11) is 0. The van der Waals surface area contributed by atoms with Crippen molar-refractivity contribution >= 4 is 39.4 Å². The first-order valence-corrected chi connectivity index (χ1v) is 8.55. The summed E-state index contributed by atoms with van der Waals surface area (Å²) in [6.07, 6.45) is 1.00. The van der Waals surface area contributed by atoms with Gasteiger partial charge in [0.15, 0.2) is 6.61 Å². The number of nitrogens with one attached hydrogen (secondary N) is 2. The highest BCUT2D eigenvalue weighted by molar-refractivity contribution is 9.10. The molecule has 0 aromatic heterocycles. The van der Waals surface area contributed by atoms with Gasteiger partial charge in [0.05, 0.1) is 6.54 Å². The largest absolute Gasteiger partial charge is 0.456 e. The second kappa shape index (κ2) is 10.1. The van der Waals surface area contributed by atoms with E-state index in [1.54, 1.807) is 6.07 Å². The van der Waals surface area contributed by atoms with Crippen molar-refractivity contribution in [1.82, 2.24) is 5.32 Å². The van der Waals surface area contributed by atoms with Crippen LogP contribution < -0.4 is 10.6 Å². The highest BCUT2D eigenvalue weighted by Crippen LogP contribution is 2.19. The molecule has 2 N–H and O–H groups in total. The molecule has 2 amide bonds. The first-order valence-electron chi connectivity index (χ1n) is 7.76. The maximum Gasteiger partial charge on any atom is 0.306 e. The van der Waals surface area contributed by atoms with Crippen molar-refractivity contribution in [2.45, 2.75) is 33.6 Å². The molecule has 0 saturated carbocycles. The van der Waals surface area contributed by atoms with Gasteiger partial charge in [0, 0.05) is 16.6 Å². The Morgan fingerprint density at radius 3 is 2.54 bits per heavy atom. The lowest BCUT2D eigenvalue weighted by Crippen LogP contribution is -2.35. The number of ether oxygens (including phenoxy) is 1. The Kier molecular flexibility index (Phi) is 8.46. The number of hydrogen-bond acceptors (Lipinski definition) is 4. The number of rotatable bonds is 8.